The summed E-state index contributed by atoms with van der Waals surface area (Å²) in [4.78, 5) is 2.14. The molecule has 0 bridgehead atoms. The minimum atomic E-state index is -0.0103. The molecular formula is C11H20N4O2. The number of anilines is 1. The minimum Gasteiger partial charge on any atom is -0.394 e. The van der Waals surface area contributed by atoms with E-state index in [0.717, 1.165) is 23.6 Å². The number of rotatable bonds is 3. The monoisotopic (exact) mass is 240 g/mol. The normalized spacial score (nSPS) is 20.9. The summed E-state index contributed by atoms with van der Waals surface area (Å²) in [6.07, 6.45) is 0. The zero-order valence-electron chi connectivity index (χ0n) is 10.4. The van der Waals surface area contributed by atoms with Crippen LogP contribution in [0.3, 0.4) is 0 Å². The van der Waals surface area contributed by atoms with Gasteiger partial charge in [0.15, 0.2) is 0 Å². The molecule has 1 atom stereocenters. The summed E-state index contributed by atoms with van der Waals surface area (Å²) in [7, 11) is 1.91. The molecule has 0 aliphatic carbocycles. The fourth-order valence-electron chi connectivity index (χ4n) is 2.37. The molecule has 0 saturated carbocycles. The van der Waals surface area contributed by atoms with Crippen LogP contribution in [-0.2, 0) is 18.3 Å². The quantitative estimate of drug-likeness (QED) is 0.736. The Kier molecular flexibility index (Phi) is 3.66. The van der Waals surface area contributed by atoms with Crippen molar-refractivity contribution < 1.29 is 9.84 Å². The van der Waals surface area contributed by atoms with Crippen molar-refractivity contribution in [3.63, 3.8) is 0 Å². The van der Waals surface area contributed by atoms with Gasteiger partial charge in [-0.25, -0.2) is 0 Å². The second kappa shape index (κ2) is 5.03. The summed E-state index contributed by atoms with van der Waals surface area (Å²) < 4.78 is 7.22. The Labute approximate surface area is 101 Å². The van der Waals surface area contributed by atoms with E-state index in [9.17, 15) is 5.11 Å². The van der Waals surface area contributed by atoms with Crippen molar-refractivity contribution in [1.29, 1.82) is 0 Å². The topological polar surface area (TPSA) is 76.5 Å². The highest BCUT2D eigenvalue weighted by Crippen LogP contribution is 2.25. The lowest BCUT2D eigenvalue weighted by Gasteiger charge is -2.36. The molecule has 2 rings (SSSR count). The maximum atomic E-state index is 9.40. The number of hydrogen-bond acceptors (Lipinski definition) is 5. The van der Waals surface area contributed by atoms with E-state index >= 15 is 0 Å². The van der Waals surface area contributed by atoms with Crippen LogP contribution >= 0.6 is 0 Å². The standard InChI is InChI=1S/C11H20N4O2/c1-8-10(5-12)11(14(2)13-8)15-3-4-17-7-9(15)6-16/h9,16H,3-7,12H2,1-2H3. The average molecular weight is 240 g/mol. The number of ether oxygens (including phenoxy) is 1. The molecule has 6 nitrogen and oxygen atoms in total. The smallest absolute Gasteiger partial charge is 0.131 e. The first kappa shape index (κ1) is 12.3. The molecule has 0 spiro atoms. The average Bonchev–Trinajstić information content (AvgIpc) is 2.63. The first-order valence-electron chi connectivity index (χ1n) is 5.86. The summed E-state index contributed by atoms with van der Waals surface area (Å²) in [6, 6.07) is -0.0103. The molecule has 1 aromatic rings. The van der Waals surface area contributed by atoms with Crippen molar-refractivity contribution in [3.8, 4) is 0 Å². The lowest BCUT2D eigenvalue weighted by atomic mass is 10.2. The molecule has 6 heteroatoms. The van der Waals surface area contributed by atoms with E-state index in [1.165, 1.54) is 0 Å². The molecule has 0 radical (unpaired) electrons. The number of aliphatic hydroxyl groups is 1. The van der Waals surface area contributed by atoms with Gasteiger partial charge in [-0.1, -0.05) is 0 Å². The van der Waals surface area contributed by atoms with Crippen LogP contribution in [-0.4, -0.2) is 47.3 Å². The third-order valence-electron chi connectivity index (χ3n) is 3.23. The molecule has 1 saturated heterocycles. The lowest BCUT2D eigenvalue weighted by Crippen LogP contribution is -2.48. The summed E-state index contributed by atoms with van der Waals surface area (Å²) in [6.45, 7) is 4.48. The van der Waals surface area contributed by atoms with E-state index in [1.807, 2.05) is 18.7 Å². The van der Waals surface area contributed by atoms with Gasteiger partial charge in [-0.05, 0) is 6.92 Å². The summed E-state index contributed by atoms with van der Waals surface area (Å²) in [5.74, 6) is 1.01. The molecule has 17 heavy (non-hydrogen) atoms. The van der Waals surface area contributed by atoms with Crippen molar-refractivity contribution in [1.82, 2.24) is 9.78 Å². The third kappa shape index (κ3) is 2.15. The lowest BCUT2D eigenvalue weighted by molar-refractivity contribution is 0.0718. The highest BCUT2D eigenvalue weighted by molar-refractivity contribution is 5.51. The van der Waals surface area contributed by atoms with Crippen molar-refractivity contribution in [2.75, 3.05) is 31.3 Å². The number of hydrogen-bond donors (Lipinski definition) is 2. The van der Waals surface area contributed by atoms with Gasteiger partial charge in [0.1, 0.15) is 5.82 Å². The Balaban J connectivity index is 2.37. The Bertz CT molecular complexity index is 391. The van der Waals surface area contributed by atoms with Gasteiger partial charge in [0.05, 0.1) is 31.6 Å². The zero-order valence-corrected chi connectivity index (χ0v) is 10.4. The van der Waals surface area contributed by atoms with Gasteiger partial charge in [0, 0.05) is 25.7 Å². The van der Waals surface area contributed by atoms with E-state index in [0.29, 0.717) is 19.8 Å². The van der Waals surface area contributed by atoms with Crippen molar-refractivity contribution in [3.05, 3.63) is 11.3 Å². The molecule has 96 valence electrons. The highest BCUT2D eigenvalue weighted by Gasteiger charge is 2.27. The third-order valence-corrected chi connectivity index (χ3v) is 3.23. The van der Waals surface area contributed by atoms with Gasteiger partial charge in [0.25, 0.3) is 0 Å². The Morgan fingerprint density at radius 3 is 3.00 bits per heavy atom. The number of aliphatic hydroxyl groups excluding tert-OH is 1. The predicted molar refractivity (Wildman–Crippen MR) is 64.9 cm³/mol. The first-order chi connectivity index (χ1) is 8.19. The Hall–Kier alpha value is -1.11. The highest BCUT2D eigenvalue weighted by atomic mass is 16.5. The van der Waals surface area contributed by atoms with Crippen LogP contribution < -0.4 is 10.6 Å². The maximum absolute atomic E-state index is 9.40. The minimum absolute atomic E-state index is 0.0103. The van der Waals surface area contributed by atoms with Gasteiger partial charge in [-0.3, -0.25) is 4.68 Å². The van der Waals surface area contributed by atoms with Crippen LogP contribution in [0, 0.1) is 6.92 Å². The summed E-state index contributed by atoms with van der Waals surface area (Å²) in [5.41, 5.74) is 7.79. The van der Waals surface area contributed by atoms with E-state index in [1.54, 1.807) is 0 Å². The van der Waals surface area contributed by atoms with Crippen molar-refractivity contribution in [2.24, 2.45) is 12.8 Å². The molecule has 1 aromatic heterocycles. The SMILES string of the molecule is Cc1nn(C)c(N2CCOCC2CO)c1CN. The van der Waals surface area contributed by atoms with Gasteiger partial charge in [-0.2, -0.15) is 5.10 Å². The second-order valence-corrected chi connectivity index (χ2v) is 4.32. The molecule has 1 aliphatic heterocycles. The van der Waals surface area contributed by atoms with E-state index < -0.39 is 0 Å². The van der Waals surface area contributed by atoms with Crippen LogP contribution in [0.25, 0.3) is 0 Å². The molecule has 0 amide bonds. The van der Waals surface area contributed by atoms with Crippen LogP contribution in [0.5, 0.6) is 0 Å². The van der Waals surface area contributed by atoms with Crippen LogP contribution in [0.1, 0.15) is 11.3 Å². The predicted octanol–water partition coefficient (Wildman–Crippen LogP) is -0.615. The largest absolute Gasteiger partial charge is 0.394 e. The number of nitrogens with zero attached hydrogens (tertiary/aromatic N) is 3. The summed E-state index contributed by atoms with van der Waals surface area (Å²) >= 11 is 0. The molecule has 0 aromatic carbocycles. The number of morpholine rings is 1. The number of nitrogens with two attached hydrogens (primary N) is 1. The van der Waals surface area contributed by atoms with Gasteiger partial charge >= 0.3 is 0 Å². The Morgan fingerprint density at radius 2 is 2.35 bits per heavy atom. The van der Waals surface area contributed by atoms with Gasteiger partial charge < -0.3 is 20.5 Å². The summed E-state index contributed by atoms with van der Waals surface area (Å²) in [5, 5.41) is 13.8. The second-order valence-electron chi connectivity index (χ2n) is 4.32. The zero-order chi connectivity index (χ0) is 12.4. The molecule has 1 unspecified atom stereocenters. The molecule has 2 heterocycles. The van der Waals surface area contributed by atoms with E-state index in [-0.39, 0.29) is 12.6 Å². The van der Waals surface area contributed by atoms with Gasteiger partial charge in [0.2, 0.25) is 0 Å². The Morgan fingerprint density at radius 1 is 1.59 bits per heavy atom. The molecule has 1 fully saturated rings. The molecule has 1 aliphatic rings. The fourth-order valence-corrected chi connectivity index (χ4v) is 2.37. The van der Waals surface area contributed by atoms with Crippen molar-refractivity contribution >= 4 is 5.82 Å². The van der Waals surface area contributed by atoms with E-state index in [2.05, 4.69) is 10.00 Å². The molecular weight excluding hydrogens is 220 g/mol. The number of aryl methyl sites for hydroxylation is 2. The van der Waals surface area contributed by atoms with Gasteiger partial charge in [-0.15, -0.1) is 0 Å². The molecule has 3 N–H and O–H groups in total. The first-order valence-corrected chi connectivity index (χ1v) is 5.86. The number of aromatic nitrogens is 2. The maximum Gasteiger partial charge on any atom is 0.131 e. The van der Waals surface area contributed by atoms with Crippen LogP contribution in [0.15, 0.2) is 0 Å². The van der Waals surface area contributed by atoms with E-state index in [4.69, 9.17) is 10.5 Å². The van der Waals surface area contributed by atoms with Crippen molar-refractivity contribution in [2.45, 2.75) is 19.5 Å². The fraction of sp³-hybridized carbons (Fsp3) is 0.727. The van der Waals surface area contributed by atoms with Crippen LogP contribution in [0.4, 0.5) is 5.82 Å². The van der Waals surface area contributed by atoms with Crippen LogP contribution in [0.2, 0.25) is 0 Å².